The van der Waals surface area contributed by atoms with Crippen LogP contribution in [0.1, 0.15) is 27.2 Å². The first-order valence-corrected chi connectivity index (χ1v) is 4.07. The highest BCUT2D eigenvalue weighted by Gasteiger charge is 2.16. The van der Waals surface area contributed by atoms with E-state index in [9.17, 15) is 0 Å². The quantitative estimate of drug-likeness (QED) is 0.549. The summed E-state index contributed by atoms with van der Waals surface area (Å²) >= 11 is 0. The number of hydrogen-bond acceptors (Lipinski definition) is 2. The number of rotatable bonds is 0. The van der Waals surface area contributed by atoms with Gasteiger partial charge in [-0.05, 0) is 27.2 Å². The highest BCUT2D eigenvalue weighted by molar-refractivity contribution is 4.72. The van der Waals surface area contributed by atoms with Crippen LogP contribution in [-0.4, -0.2) is 24.8 Å². The molecule has 0 bridgehead atoms. The van der Waals surface area contributed by atoms with Crippen molar-refractivity contribution in [3.63, 3.8) is 0 Å². The third kappa shape index (κ3) is 2.27. The molecule has 1 saturated heterocycles. The van der Waals surface area contributed by atoms with Crippen LogP contribution in [0.3, 0.4) is 0 Å². The van der Waals surface area contributed by atoms with E-state index in [-0.39, 0.29) is 0 Å². The zero-order chi connectivity index (χ0) is 7.56. The van der Waals surface area contributed by atoms with E-state index in [1.807, 2.05) is 0 Å². The Morgan fingerprint density at radius 1 is 1.20 bits per heavy atom. The first-order valence-electron chi connectivity index (χ1n) is 4.07. The van der Waals surface area contributed by atoms with Gasteiger partial charge in [-0.2, -0.15) is 0 Å². The van der Waals surface area contributed by atoms with Crippen molar-refractivity contribution in [2.45, 2.75) is 45.4 Å². The Hall–Kier alpha value is -0.0800. The molecule has 2 nitrogen and oxygen atoms in total. The molecule has 3 atom stereocenters. The van der Waals surface area contributed by atoms with Gasteiger partial charge in [0.1, 0.15) is 0 Å². The molecule has 60 valence electrons. The van der Waals surface area contributed by atoms with Crippen molar-refractivity contribution in [1.29, 1.82) is 0 Å². The summed E-state index contributed by atoms with van der Waals surface area (Å²) in [5.74, 6) is 0. The summed E-state index contributed by atoms with van der Waals surface area (Å²) in [6, 6.07) is 0.611. The maximum atomic E-state index is 5.62. The number of nitrogens with one attached hydrogen (secondary N) is 1. The van der Waals surface area contributed by atoms with Gasteiger partial charge in [0.2, 0.25) is 0 Å². The van der Waals surface area contributed by atoms with Crippen LogP contribution in [0.5, 0.6) is 0 Å². The SMILES string of the molecule is CC1CC(C)OC(C)CN1. The molecule has 0 aliphatic carbocycles. The summed E-state index contributed by atoms with van der Waals surface area (Å²) in [6.45, 7) is 7.45. The number of ether oxygens (including phenoxy) is 1. The van der Waals surface area contributed by atoms with E-state index in [2.05, 4.69) is 26.1 Å². The van der Waals surface area contributed by atoms with E-state index in [1.165, 1.54) is 0 Å². The largest absolute Gasteiger partial charge is 0.374 e. The van der Waals surface area contributed by atoms with Crippen molar-refractivity contribution in [2.75, 3.05) is 6.54 Å². The van der Waals surface area contributed by atoms with Crippen LogP contribution in [0.4, 0.5) is 0 Å². The lowest BCUT2D eigenvalue weighted by atomic mass is 10.2. The van der Waals surface area contributed by atoms with Gasteiger partial charge in [-0.15, -0.1) is 0 Å². The summed E-state index contributed by atoms with van der Waals surface area (Å²) in [5, 5.41) is 3.40. The van der Waals surface area contributed by atoms with Crippen molar-refractivity contribution in [1.82, 2.24) is 5.32 Å². The van der Waals surface area contributed by atoms with Crippen LogP contribution in [0.2, 0.25) is 0 Å². The van der Waals surface area contributed by atoms with E-state index in [4.69, 9.17) is 4.74 Å². The molecule has 0 spiro atoms. The van der Waals surface area contributed by atoms with Crippen molar-refractivity contribution in [3.05, 3.63) is 0 Å². The summed E-state index contributed by atoms with van der Waals surface area (Å²) < 4.78 is 5.62. The minimum atomic E-state index is 0.375. The Labute approximate surface area is 63.0 Å². The zero-order valence-corrected chi connectivity index (χ0v) is 7.05. The van der Waals surface area contributed by atoms with Gasteiger partial charge in [-0.3, -0.25) is 0 Å². The van der Waals surface area contributed by atoms with Crippen molar-refractivity contribution >= 4 is 0 Å². The van der Waals surface area contributed by atoms with Gasteiger partial charge >= 0.3 is 0 Å². The zero-order valence-electron chi connectivity index (χ0n) is 7.05. The lowest BCUT2D eigenvalue weighted by molar-refractivity contribution is 0.0190. The molecule has 1 heterocycles. The summed E-state index contributed by atoms with van der Waals surface area (Å²) in [5.41, 5.74) is 0. The highest BCUT2D eigenvalue weighted by Crippen LogP contribution is 2.08. The topological polar surface area (TPSA) is 21.3 Å². The minimum Gasteiger partial charge on any atom is -0.374 e. The lowest BCUT2D eigenvalue weighted by Gasteiger charge is -2.13. The second-order valence-electron chi connectivity index (χ2n) is 3.30. The molecule has 1 N–H and O–H groups in total. The van der Waals surface area contributed by atoms with Gasteiger partial charge in [0.05, 0.1) is 12.2 Å². The van der Waals surface area contributed by atoms with Gasteiger partial charge < -0.3 is 10.1 Å². The third-order valence-corrected chi connectivity index (χ3v) is 1.90. The van der Waals surface area contributed by atoms with Gasteiger partial charge in [-0.25, -0.2) is 0 Å². The Bertz CT molecular complexity index is 93.4. The Morgan fingerprint density at radius 2 is 1.90 bits per heavy atom. The van der Waals surface area contributed by atoms with Gasteiger partial charge in [0.15, 0.2) is 0 Å². The lowest BCUT2D eigenvalue weighted by Crippen LogP contribution is -2.29. The fourth-order valence-corrected chi connectivity index (χ4v) is 1.45. The van der Waals surface area contributed by atoms with Crippen LogP contribution in [0, 0.1) is 0 Å². The Kier molecular flexibility index (Phi) is 2.69. The molecule has 1 aliphatic rings. The second kappa shape index (κ2) is 3.35. The molecule has 1 rings (SSSR count). The molecule has 1 aliphatic heterocycles. The molecule has 0 amide bonds. The fraction of sp³-hybridized carbons (Fsp3) is 1.00. The van der Waals surface area contributed by atoms with Crippen LogP contribution in [0.25, 0.3) is 0 Å². The molecular weight excluding hydrogens is 126 g/mol. The third-order valence-electron chi connectivity index (χ3n) is 1.90. The van der Waals surface area contributed by atoms with E-state index in [0.29, 0.717) is 18.2 Å². The predicted molar refractivity (Wildman–Crippen MR) is 42.1 cm³/mol. The summed E-state index contributed by atoms with van der Waals surface area (Å²) in [4.78, 5) is 0. The smallest absolute Gasteiger partial charge is 0.0675 e. The van der Waals surface area contributed by atoms with Gasteiger partial charge in [0.25, 0.3) is 0 Å². The normalized spacial score (nSPS) is 42.9. The number of hydrogen-bond donors (Lipinski definition) is 1. The average molecular weight is 143 g/mol. The van der Waals surface area contributed by atoms with Crippen molar-refractivity contribution in [2.24, 2.45) is 0 Å². The van der Waals surface area contributed by atoms with Crippen LogP contribution in [0.15, 0.2) is 0 Å². The van der Waals surface area contributed by atoms with Crippen molar-refractivity contribution in [3.8, 4) is 0 Å². The standard InChI is InChI=1S/C8H17NO/c1-6-4-7(2)10-8(3)5-9-6/h6-9H,4-5H2,1-3H3. The van der Waals surface area contributed by atoms with Crippen LogP contribution >= 0.6 is 0 Å². The molecule has 10 heavy (non-hydrogen) atoms. The first-order chi connectivity index (χ1) is 4.68. The van der Waals surface area contributed by atoms with E-state index in [1.54, 1.807) is 0 Å². The molecule has 1 fully saturated rings. The second-order valence-corrected chi connectivity index (χ2v) is 3.30. The summed E-state index contributed by atoms with van der Waals surface area (Å²) in [7, 11) is 0. The fourth-order valence-electron chi connectivity index (χ4n) is 1.45. The molecule has 0 radical (unpaired) electrons. The maximum Gasteiger partial charge on any atom is 0.0675 e. The molecule has 2 heteroatoms. The van der Waals surface area contributed by atoms with Gasteiger partial charge in [0, 0.05) is 12.6 Å². The van der Waals surface area contributed by atoms with E-state index < -0.39 is 0 Å². The molecule has 0 aromatic heterocycles. The molecule has 0 saturated carbocycles. The predicted octanol–water partition coefficient (Wildman–Crippen LogP) is 1.16. The molecule has 0 aromatic rings. The minimum absolute atomic E-state index is 0.375. The molecule has 3 unspecified atom stereocenters. The van der Waals surface area contributed by atoms with Crippen LogP contribution in [-0.2, 0) is 4.74 Å². The monoisotopic (exact) mass is 143 g/mol. The highest BCUT2D eigenvalue weighted by atomic mass is 16.5. The molecule has 0 aromatic carbocycles. The first kappa shape index (κ1) is 8.02. The van der Waals surface area contributed by atoms with E-state index in [0.717, 1.165) is 13.0 Å². The maximum absolute atomic E-state index is 5.62. The van der Waals surface area contributed by atoms with Gasteiger partial charge in [-0.1, -0.05) is 0 Å². The average Bonchev–Trinajstić information content (AvgIpc) is 1.93. The Balaban J connectivity index is 2.38. The van der Waals surface area contributed by atoms with Crippen molar-refractivity contribution < 1.29 is 4.74 Å². The summed E-state index contributed by atoms with van der Waals surface area (Å²) in [6.07, 6.45) is 1.92. The molecular formula is C8H17NO. The Morgan fingerprint density at radius 3 is 2.60 bits per heavy atom. The van der Waals surface area contributed by atoms with Crippen LogP contribution < -0.4 is 5.32 Å². The van der Waals surface area contributed by atoms with E-state index >= 15 is 0 Å².